The second kappa shape index (κ2) is 5.73. The molecule has 2 nitrogen and oxygen atoms in total. The molecule has 12 heavy (non-hydrogen) atoms. The van der Waals surface area contributed by atoms with Gasteiger partial charge in [0.25, 0.3) is 0 Å². The van der Waals surface area contributed by atoms with E-state index in [1.165, 1.54) is 6.04 Å². The topological polar surface area (TPSA) is 35.2 Å². The minimum atomic E-state index is -1.33. The minimum Gasteiger partial charge on any atom is -0.415 e. The monoisotopic (exact) mass is 189 g/mol. The van der Waals surface area contributed by atoms with E-state index < -0.39 is 8.32 Å². The summed E-state index contributed by atoms with van der Waals surface area (Å²) in [6.07, 6.45) is 2.58. The Hall–Kier alpha value is 0.137. The van der Waals surface area contributed by atoms with Crippen molar-refractivity contribution >= 4 is 8.32 Å². The molecular formula is C9H23NOSi. The second-order valence-electron chi connectivity index (χ2n) is 3.97. The van der Waals surface area contributed by atoms with E-state index in [0.717, 1.165) is 19.4 Å². The largest absolute Gasteiger partial charge is 0.415 e. The molecule has 0 heterocycles. The second-order valence-corrected chi connectivity index (χ2v) is 8.43. The van der Waals surface area contributed by atoms with Gasteiger partial charge in [-0.25, -0.2) is 0 Å². The maximum atomic E-state index is 5.97. The van der Waals surface area contributed by atoms with Gasteiger partial charge in [0.15, 0.2) is 8.32 Å². The average Bonchev–Trinajstić information content (AvgIpc) is 2.00. The molecule has 0 saturated carbocycles. The van der Waals surface area contributed by atoms with E-state index in [4.69, 9.17) is 10.2 Å². The van der Waals surface area contributed by atoms with Crippen LogP contribution >= 0.6 is 0 Å². The van der Waals surface area contributed by atoms with Crippen molar-refractivity contribution in [3.05, 3.63) is 0 Å². The third-order valence-corrected chi connectivity index (χ3v) is 4.93. The van der Waals surface area contributed by atoms with Crippen molar-refractivity contribution in [2.45, 2.75) is 51.9 Å². The molecule has 2 N–H and O–H groups in total. The van der Waals surface area contributed by atoms with Crippen molar-refractivity contribution in [1.29, 1.82) is 0 Å². The van der Waals surface area contributed by atoms with Crippen LogP contribution in [0.2, 0.25) is 19.1 Å². The van der Waals surface area contributed by atoms with Crippen LogP contribution in [0.1, 0.15) is 26.7 Å². The first-order valence-electron chi connectivity index (χ1n) is 4.89. The fourth-order valence-corrected chi connectivity index (χ4v) is 2.47. The van der Waals surface area contributed by atoms with Gasteiger partial charge in [-0.1, -0.05) is 6.92 Å². The fraction of sp³-hybridized carbons (Fsp3) is 1.00. The lowest BCUT2D eigenvalue weighted by Crippen LogP contribution is -2.33. The summed E-state index contributed by atoms with van der Waals surface area (Å²) in [6, 6.07) is 1.19. The Balaban J connectivity index is 3.60. The van der Waals surface area contributed by atoms with Gasteiger partial charge in [-0.15, -0.1) is 0 Å². The van der Waals surface area contributed by atoms with Gasteiger partial charge >= 0.3 is 0 Å². The molecule has 0 fully saturated rings. The molecule has 0 aliphatic carbocycles. The van der Waals surface area contributed by atoms with Crippen LogP contribution in [0.5, 0.6) is 0 Å². The minimum absolute atomic E-state index is 0.398. The number of hydrogen-bond acceptors (Lipinski definition) is 2. The van der Waals surface area contributed by atoms with Crippen LogP contribution < -0.4 is 5.73 Å². The zero-order valence-electron chi connectivity index (χ0n) is 8.89. The Kier molecular flexibility index (Phi) is 5.79. The van der Waals surface area contributed by atoms with Crippen LogP contribution in [0.25, 0.3) is 0 Å². The molecule has 0 saturated heterocycles. The van der Waals surface area contributed by atoms with E-state index in [-0.39, 0.29) is 0 Å². The highest BCUT2D eigenvalue weighted by molar-refractivity contribution is 6.71. The highest BCUT2D eigenvalue weighted by Crippen LogP contribution is 2.14. The zero-order chi connectivity index (χ0) is 9.61. The Morgan fingerprint density at radius 1 is 1.42 bits per heavy atom. The smallest absolute Gasteiger partial charge is 0.186 e. The Bertz CT molecular complexity index is 117. The van der Waals surface area contributed by atoms with Gasteiger partial charge in [0.05, 0.1) is 0 Å². The van der Waals surface area contributed by atoms with Crippen LogP contribution in [0.15, 0.2) is 0 Å². The molecule has 0 rings (SSSR count). The molecule has 1 unspecified atom stereocenters. The molecule has 0 aromatic heterocycles. The summed E-state index contributed by atoms with van der Waals surface area (Å²) in [4.78, 5) is 0. The van der Waals surface area contributed by atoms with E-state index in [0.29, 0.717) is 6.10 Å². The molecule has 0 aliphatic heterocycles. The normalized spacial score (nSPS) is 14.8. The standard InChI is InChI=1S/C9H23NOSi/c1-5-12(3,4)11-9(2)7-6-8-10/h9H,5-8,10H2,1-4H3. The van der Waals surface area contributed by atoms with E-state index >= 15 is 0 Å². The summed E-state index contributed by atoms with van der Waals surface area (Å²) in [5.74, 6) is 0. The molecule has 0 aromatic carbocycles. The quantitative estimate of drug-likeness (QED) is 0.651. The van der Waals surface area contributed by atoms with E-state index in [9.17, 15) is 0 Å². The van der Waals surface area contributed by atoms with Gasteiger partial charge < -0.3 is 10.2 Å². The number of nitrogens with two attached hydrogens (primary N) is 1. The SMILES string of the molecule is CC[Si](C)(C)OC(C)CCCN. The Morgan fingerprint density at radius 3 is 2.42 bits per heavy atom. The van der Waals surface area contributed by atoms with Gasteiger partial charge in [-0.05, 0) is 45.4 Å². The van der Waals surface area contributed by atoms with Crippen LogP contribution in [-0.4, -0.2) is 21.0 Å². The van der Waals surface area contributed by atoms with Crippen LogP contribution in [0, 0.1) is 0 Å². The summed E-state index contributed by atoms with van der Waals surface area (Å²) in [6.45, 7) is 9.68. The fourth-order valence-electron chi connectivity index (χ4n) is 1.09. The van der Waals surface area contributed by atoms with Crippen molar-refractivity contribution in [1.82, 2.24) is 0 Å². The lowest BCUT2D eigenvalue weighted by Gasteiger charge is -2.26. The lowest BCUT2D eigenvalue weighted by molar-refractivity contribution is 0.199. The summed E-state index contributed by atoms with van der Waals surface area (Å²) in [5.41, 5.74) is 5.43. The van der Waals surface area contributed by atoms with Crippen molar-refractivity contribution in [3.63, 3.8) is 0 Å². The maximum Gasteiger partial charge on any atom is 0.186 e. The van der Waals surface area contributed by atoms with Crippen LogP contribution in [0.4, 0.5) is 0 Å². The zero-order valence-corrected chi connectivity index (χ0v) is 9.89. The first-order valence-corrected chi connectivity index (χ1v) is 8.01. The first kappa shape index (κ1) is 12.1. The van der Waals surface area contributed by atoms with E-state index in [1.807, 2.05) is 0 Å². The van der Waals surface area contributed by atoms with Crippen LogP contribution in [0.3, 0.4) is 0 Å². The van der Waals surface area contributed by atoms with Crippen molar-refractivity contribution in [2.75, 3.05) is 6.54 Å². The Labute approximate surface area is 77.6 Å². The Morgan fingerprint density at radius 2 is 2.00 bits per heavy atom. The predicted molar refractivity (Wildman–Crippen MR) is 56.8 cm³/mol. The van der Waals surface area contributed by atoms with Gasteiger partial charge in [0, 0.05) is 6.10 Å². The molecule has 0 amide bonds. The van der Waals surface area contributed by atoms with Crippen molar-refractivity contribution in [3.8, 4) is 0 Å². The molecule has 0 aliphatic rings. The van der Waals surface area contributed by atoms with Gasteiger partial charge in [0.1, 0.15) is 0 Å². The molecule has 0 spiro atoms. The summed E-state index contributed by atoms with van der Waals surface area (Å²) >= 11 is 0. The number of hydrogen-bond donors (Lipinski definition) is 1. The molecule has 0 aromatic rings. The van der Waals surface area contributed by atoms with Gasteiger partial charge in [-0.2, -0.15) is 0 Å². The highest BCUT2D eigenvalue weighted by atomic mass is 28.4. The van der Waals surface area contributed by atoms with E-state index in [1.54, 1.807) is 0 Å². The predicted octanol–water partition coefficient (Wildman–Crippen LogP) is 2.36. The first-order chi connectivity index (χ1) is 5.52. The maximum absolute atomic E-state index is 5.97. The highest BCUT2D eigenvalue weighted by Gasteiger charge is 2.21. The van der Waals surface area contributed by atoms with Crippen molar-refractivity contribution < 1.29 is 4.43 Å². The molecule has 3 heteroatoms. The molecule has 0 radical (unpaired) electrons. The van der Waals surface area contributed by atoms with Gasteiger partial charge in [-0.3, -0.25) is 0 Å². The molecule has 0 bridgehead atoms. The van der Waals surface area contributed by atoms with Crippen LogP contribution in [-0.2, 0) is 4.43 Å². The average molecular weight is 189 g/mol. The summed E-state index contributed by atoms with van der Waals surface area (Å²) in [7, 11) is -1.33. The molecule has 74 valence electrons. The molecular weight excluding hydrogens is 166 g/mol. The number of rotatable bonds is 6. The van der Waals surface area contributed by atoms with Gasteiger partial charge in [0.2, 0.25) is 0 Å². The van der Waals surface area contributed by atoms with E-state index in [2.05, 4.69) is 26.9 Å². The third kappa shape index (κ3) is 5.74. The van der Waals surface area contributed by atoms with Crippen molar-refractivity contribution in [2.24, 2.45) is 5.73 Å². The molecule has 1 atom stereocenters. The lowest BCUT2D eigenvalue weighted by atomic mass is 10.2. The summed E-state index contributed by atoms with van der Waals surface area (Å²) < 4.78 is 5.97. The third-order valence-electron chi connectivity index (χ3n) is 2.19. The summed E-state index contributed by atoms with van der Waals surface area (Å²) in [5, 5.41) is 0.